The first-order valence-electron chi connectivity index (χ1n) is 8.47. The van der Waals surface area contributed by atoms with Gasteiger partial charge in [-0.1, -0.05) is 29.5 Å². The van der Waals surface area contributed by atoms with Crippen LogP contribution in [0.5, 0.6) is 0 Å². The number of aryl methyl sites for hydroxylation is 1. The standard InChI is InChI=1S/C20H22N4O2/c1-14-7-5-6-8-16(14)19-18(15-9-11-21-12-10-15)22-23-24(19)13-17(25)26-20(2,3)4/h5-12H,13H2,1-4H3. The summed E-state index contributed by atoms with van der Waals surface area (Å²) in [5.41, 5.74) is 3.91. The van der Waals surface area contributed by atoms with Crippen molar-refractivity contribution in [3.63, 3.8) is 0 Å². The fourth-order valence-electron chi connectivity index (χ4n) is 2.73. The molecule has 3 aromatic rings. The van der Waals surface area contributed by atoms with Crippen LogP contribution in [0.2, 0.25) is 0 Å². The Morgan fingerprint density at radius 2 is 1.81 bits per heavy atom. The smallest absolute Gasteiger partial charge is 0.328 e. The van der Waals surface area contributed by atoms with Crippen LogP contribution in [0, 0.1) is 6.92 Å². The lowest BCUT2D eigenvalue weighted by Crippen LogP contribution is -2.27. The highest BCUT2D eigenvalue weighted by molar-refractivity contribution is 5.80. The molecule has 0 unspecified atom stereocenters. The lowest BCUT2D eigenvalue weighted by molar-refractivity contribution is -0.155. The zero-order valence-corrected chi connectivity index (χ0v) is 15.4. The van der Waals surface area contributed by atoms with Crippen molar-refractivity contribution in [1.82, 2.24) is 20.0 Å². The van der Waals surface area contributed by atoms with Crippen molar-refractivity contribution in [1.29, 1.82) is 0 Å². The van der Waals surface area contributed by atoms with Gasteiger partial charge in [-0.25, -0.2) is 4.68 Å². The Kier molecular flexibility index (Phi) is 4.84. The number of benzene rings is 1. The first-order valence-corrected chi connectivity index (χ1v) is 8.47. The number of nitrogens with zero attached hydrogens (tertiary/aromatic N) is 4. The quantitative estimate of drug-likeness (QED) is 0.672. The lowest BCUT2D eigenvalue weighted by atomic mass is 10.0. The minimum Gasteiger partial charge on any atom is -0.459 e. The summed E-state index contributed by atoms with van der Waals surface area (Å²) in [6, 6.07) is 11.7. The van der Waals surface area contributed by atoms with Crippen LogP contribution >= 0.6 is 0 Å². The Morgan fingerprint density at radius 3 is 2.46 bits per heavy atom. The van der Waals surface area contributed by atoms with Gasteiger partial charge >= 0.3 is 5.97 Å². The molecule has 134 valence electrons. The van der Waals surface area contributed by atoms with Gasteiger partial charge < -0.3 is 4.74 Å². The molecule has 0 radical (unpaired) electrons. The van der Waals surface area contributed by atoms with E-state index in [4.69, 9.17) is 4.74 Å². The van der Waals surface area contributed by atoms with Crippen LogP contribution < -0.4 is 0 Å². The Balaban J connectivity index is 2.07. The van der Waals surface area contributed by atoms with Crippen molar-refractivity contribution in [2.24, 2.45) is 0 Å². The number of aromatic nitrogens is 4. The molecule has 1 aromatic carbocycles. The average Bonchev–Trinajstić information content (AvgIpc) is 2.97. The third-order valence-corrected chi connectivity index (χ3v) is 3.79. The molecule has 0 N–H and O–H groups in total. The average molecular weight is 350 g/mol. The van der Waals surface area contributed by atoms with Crippen molar-refractivity contribution in [3.8, 4) is 22.5 Å². The van der Waals surface area contributed by atoms with Crippen LogP contribution in [0.15, 0.2) is 48.8 Å². The lowest BCUT2D eigenvalue weighted by Gasteiger charge is -2.19. The molecule has 26 heavy (non-hydrogen) atoms. The molecule has 6 heteroatoms. The summed E-state index contributed by atoms with van der Waals surface area (Å²) >= 11 is 0. The van der Waals surface area contributed by atoms with E-state index >= 15 is 0 Å². The molecule has 0 bridgehead atoms. The molecule has 2 aromatic heterocycles. The van der Waals surface area contributed by atoms with Gasteiger partial charge in [-0.15, -0.1) is 5.10 Å². The minimum atomic E-state index is -0.547. The van der Waals surface area contributed by atoms with Crippen LogP contribution in [0.4, 0.5) is 0 Å². The molecule has 6 nitrogen and oxygen atoms in total. The number of esters is 1. The molecule has 0 saturated carbocycles. The maximum atomic E-state index is 12.3. The highest BCUT2D eigenvalue weighted by Crippen LogP contribution is 2.32. The number of hydrogen-bond acceptors (Lipinski definition) is 5. The van der Waals surface area contributed by atoms with E-state index in [1.807, 2.05) is 64.1 Å². The van der Waals surface area contributed by atoms with Crippen LogP contribution in [0.25, 0.3) is 22.5 Å². The van der Waals surface area contributed by atoms with Crippen molar-refractivity contribution < 1.29 is 9.53 Å². The van der Waals surface area contributed by atoms with Crippen LogP contribution in [-0.4, -0.2) is 31.5 Å². The molecule has 0 amide bonds. The first kappa shape index (κ1) is 17.8. The fourth-order valence-corrected chi connectivity index (χ4v) is 2.73. The van der Waals surface area contributed by atoms with E-state index in [1.54, 1.807) is 17.1 Å². The zero-order chi connectivity index (χ0) is 18.7. The van der Waals surface area contributed by atoms with Crippen LogP contribution in [0.1, 0.15) is 26.3 Å². The molecule has 0 atom stereocenters. The summed E-state index contributed by atoms with van der Waals surface area (Å²) in [7, 11) is 0. The first-order chi connectivity index (χ1) is 12.3. The molecular formula is C20H22N4O2. The minimum absolute atomic E-state index is 0.000971. The SMILES string of the molecule is Cc1ccccc1-c1c(-c2ccncc2)nnn1CC(=O)OC(C)(C)C. The number of carbonyl (C=O) groups excluding carboxylic acids is 1. The molecule has 0 spiro atoms. The third kappa shape index (κ3) is 3.96. The van der Waals surface area contributed by atoms with Gasteiger partial charge in [0, 0.05) is 23.5 Å². The van der Waals surface area contributed by atoms with Crippen LogP contribution in [-0.2, 0) is 16.1 Å². The van der Waals surface area contributed by atoms with Crippen LogP contribution in [0.3, 0.4) is 0 Å². The predicted octanol–water partition coefficient (Wildman–Crippen LogP) is 3.66. The van der Waals surface area contributed by atoms with Crippen molar-refractivity contribution in [3.05, 3.63) is 54.4 Å². The summed E-state index contributed by atoms with van der Waals surface area (Å²) in [5.74, 6) is -0.349. The number of pyridine rings is 1. The summed E-state index contributed by atoms with van der Waals surface area (Å²) in [6.45, 7) is 7.56. The van der Waals surface area contributed by atoms with Gasteiger partial charge in [0.1, 0.15) is 17.8 Å². The van der Waals surface area contributed by atoms with E-state index in [9.17, 15) is 4.79 Å². The second-order valence-corrected chi connectivity index (χ2v) is 7.08. The molecule has 0 aliphatic heterocycles. The Morgan fingerprint density at radius 1 is 1.12 bits per heavy atom. The second kappa shape index (κ2) is 7.07. The zero-order valence-electron chi connectivity index (χ0n) is 15.4. The van der Waals surface area contributed by atoms with E-state index in [1.165, 1.54) is 0 Å². The molecule has 0 aliphatic carbocycles. The number of hydrogen-bond donors (Lipinski definition) is 0. The van der Waals surface area contributed by atoms with Crippen molar-refractivity contribution in [2.45, 2.75) is 39.8 Å². The maximum Gasteiger partial charge on any atom is 0.328 e. The van der Waals surface area contributed by atoms with Gasteiger partial charge in [-0.3, -0.25) is 9.78 Å². The number of rotatable bonds is 4. The molecule has 0 fully saturated rings. The van der Waals surface area contributed by atoms with Crippen molar-refractivity contribution in [2.75, 3.05) is 0 Å². The van der Waals surface area contributed by atoms with Gasteiger partial charge in [0.2, 0.25) is 0 Å². The molecule has 0 saturated heterocycles. The predicted molar refractivity (Wildman–Crippen MR) is 99.3 cm³/mol. The summed E-state index contributed by atoms with van der Waals surface area (Å²) in [5, 5.41) is 8.56. The highest BCUT2D eigenvalue weighted by atomic mass is 16.6. The Hall–Kier alpha value is -3.02. The van der Waals surface area contributed by atoms with E-state index in [0.29, 0.717) is 5.69 Å². The summed E-state index contributed by atoms with van der Waals surface area (Å²) in [4.78, 5) is 16.4. The molecule has 2 heterocycles. The Labute approximate surface area is 152 Å². The molecule has 0 aliphatic rings. The topological polar surface area (TPSA) is 69.9 Å². The summed E-state index contributed by atoms with van der Waals surface area (Å²) in [6.07, 6.45) is 3.42. The Bertz CT molecular complexity index is 911. The molecule has 3 rings (SSSR count). The van der Waals surface area contributed by atoms with Crippen molar-refractivity contribution >= 4 is 5.97 Å². The van der Waals surface area contributed by atoms with E-state index in [0.717, 1.165) is 22.4 Å². The van der Waals surface area contributed by atoms with Gasteiger partial charge in [0.15, 0.2) is 0 Å². The summed E-state index contributed by atoms with van der Waals surface area (Å²) < 4.78 is 7.04. The number of carbonyl (C=O) groups is 1. The fraction of sp³-hybridized carbons (Fsp3) is 0.300. The third-order valence-electron chi connectivity index (χ3n) is 3.79. The second-order valence-electron chi connectivity index (χ2n) is 7.08. The largest absolute Gasteiger partial charge is 0.459 e. The maximum absolute atomic E-state index is 12.3. The van der Waals surface area contributed by atoms with Gasteiger partial charge in [0.25, 0.3) is 0 Å². The van der Waals surface area contributed by atoms with Gasteiger partial charge in [-0.2, -0.15) is 0 Å². The number of ether oxygens (including phenoxy) is 1. The monoisotopic (exact) mass is 350 g/mol. The normalized spacial score (nSPS) is 11.4. The van der Waals surface area contributed by atoms with E-state index < -0.39 is 5.60 Å². The van der Waals surface area contributed by atoms with Gasteiger partial charge in [0.05, 0.1) is 5.69 Å². The highest BCUT2D eigenvalue weighted by Gasteiger charge is 2.22. The van der Waals surface area contributed by atoms with Gasteiger partial charge in [-0.05, 0) is 45.4 Å². The van der Waals surface area contributed by atoms with E-state index in [2.05, 4.69) is 15.3 Å². The molecular weight excluding hydrogens is 328 g/mol. The van der Waals surface area contributed by atoms with E-state index in [-0.39, 0.29) is 12.5 Å².